The molecule has 0 spiro atoms. The number of piperazine rings is 1. The van der Waals surface area contributed by atoms with Crippen LogP contribution in [0.25, 0.3) is 0 Å². The molecular weight excluding hydrogens is 520 g/mol. The summed E-state index contributed by atoms with van der Waals surface area (Å²) in [7, 11) is 0. The third kappa shape index (κ3) is 6.62. The average molecular weight is 552 g/mol. The Morgan fingerprint density at radius 1 is 0.925 bits per heavy atom. The van der Waals surface area contributed by atoms with Crippen molar-refractivity contribution in [1.82, 2.24) is 9.80 Å². The van der Waals surface area contributed by atoms with Crippen LogP contribution >= 0.6 is 0 Å². The van der Waals surface area contributed by atoms with E-state index in [9.17, 15) is 23.5 Å². The Morgan fingerprint density at radius 2 is 1.65 bits per heavy atom. The van der Waals surface area contributed by atoms with Crippen LogP contribution < -0.4 is 14.4 Å². The van der Waals surface area contributed by atoms with Gasteiger partial charge in [-0.25, -0.2) is 13.6 Å². The molecule has 3 aromatic carbocycles. The van der Waals surface area contributed by atoms with Crippen molar-refractivity contribution in [3.8, 4) is 11.5 Å². The van der Waals surface area contributed by atoms with Gasteiger partial charge in [0.05, 0.1) is 6.54 Å². The van der Waals surface area contributed by atoms with E-state index < -0.39 is 23.8 Å². The van der Waals surface area contributed by atoms with Crippen LogP contribution in [0.4, 0.5) is 19.3 Å². The molecule has 3 aromatic rings. The van der Waals surface area contributed by atoms with Gasteiger partial charge in [0.15, 0.2) is 11.6 Å². The van der Waals surface area contributed by atoms with Crippen molar-refractivity contribution in [3.05, 3.63) is 90.0 Å². The highest BCUT2D eigenvalue weighted by molar-refractivity contribution is 5.87. The summed E-state index contributed by atoms with van der Waals surface area (Å²) < 4.78 is 38.0. The molecule has 0 bridgehead atoms. The maximum atomic E-state index is 13.9. The van der Waals surface area contributed by atoms with E-state index >= 15 is 0 Å². The molecule has 1 aliphatic carbocycles. The Labute approximate surface area is 231 Å². The van der Waals surface area contributed by atoms with Crippen LogP contribution in [0.5, 0.6) is 11.5 Å². The lowest BCUT2D eigenvalue weighted by Crippen LogP contribution is -2.61. The predicted molar refractivity (Wildman–Crippen MR) is 145 cm³/mol. The van der Waals surface area contributed by atoms with E-state index in [0.29, 0.717) is 18.8 Å². The average Bonchev–Trinajstić information content (AvgIpc) is 3.81. The van der Waals surface area contributed by atoms with Crippen molar-refractivity contribution in [2.75, 3.05) is 37.7 Å². The molecule has 5 rings (SSSR count). The molecule has 1 saturated carbocycles. The number of rotatable bonds is 10. The fourth-order valence-corrected chi connectivity index (χ4v) is 4.85. The molecule has 210 valence electrons. The molecule has 10 heteroatoms. The fourth-order valence-electron chi connectivity index (χ4n) is 4.85. The van der Waals surface area contributed by atoms with E-state index in [1.165, 1.54) is 4.90 Å². The number of hydrogen-bond donors (Lipinski definition) is 1. The normalized spacial score (nSPS) is 16.9. The van der Waals surface area contributed by atoms with Gasteiger partial charge in [-0.2, -0.15) is 0 Å². The first-order chi connectivity index (χ1) is 19.4. The second-order valence-corrected chi connectivity index (χ2v) is 9.89. The monoisotopic (exact) mass is 551 g/mol. The summed E-state index contributed by atoms with van der Waals surface area (Å²) in [6, 6.07) is 19.5. The van der Waals surface area contributed by atoms with Crippen molar-refractivity contribution >= 4 is 17.7 Å². The van der Waals surface area contributed by atoms with Crippen molar-refractivity contribution < 1.29 is 33.0 Å². The van der Waals surface area contributed by atoms with Gasteiger partial charge < -0.3 is 29.3 Å². The number of carbonyl (C=O) groups is 2. The molecule has 8 nitrogen and oxygen atoms in total. The summed E-state index contributed by atoms with van der Waals surface area (Å²) in [5, 5.41) is 9.65. The van der Waals surface area contributed by atoms with Crippen LogP contribution in [-0.2, 0) is 11.3 Å². The molecule has 40 heavy (non-hydrogen) atoms. The van der Waals surface area contributed by atoms with E-state index in [0.717, 1.165) is 42.3 Å². The van der Waals surface area contributed by atoms with Gasteiger partial charge in [-0.3, -0.25) is 4.79 Å². The minimum atomic E-state index is -1.04. The highest BCUT2D eigenvalue weighted by Gasteiger charge is 2.41. The molecule has 1 atom stereocenters. The Bertz CT molecular complexity index is 1320. The molecule has 1 unspecified atom stereocenters. The van der Waals surface area contributed by atoms with Crippen LogP contribution in [0.3, 0.4) is 0 Å². The van der Waals surface area contributed by atoms with Crippen LogP contribution in [0, 0.1) is 11.6 Å². The number of halogens is 2. The number of amides is 2. The number of carbonyl (C=O) groups excluding carboxylic acids is 1. The lowest BCUT2D eigenvalue weighted by Gasteiger charge is -2.42. The molecule has 1 N–H and O–H groups in total. The van der Waals surface area contributed by atoms with E-state index in [1.807, 2.05) is 52.3 Å². The smallest absolute Gasteiger partial charge is 0.407 e. The third-order valence-electron chi connectivity index (χ3n) is 7.07. The largest absolute Gasteiger partial charge is 0.490 e. The summed E-state index contributed by atoms with van der Waals surface area (Å²) in [5.74, 6) is -0.958. The Balaban J connectivity index is 1.25. The van der Waals surface area contributed by atoms with Gasteiger partial charge in [0.2, 0.25) is 5.91 Å². The first kappa shape index (κ1) is 27.2. The summed E-state index contributed by atoms with van der Waals surface area (Å²) in [5.41, 5.74) is 1.81. The number of anilines is 1. The van der Waals surface area contributed by atoms with Crippen molar-refractivity contribution in [2.45, 2.75) is 31.5 Å². The molecule has 0 aromatic heterocycles. The highest BCUT2D eigenvalue weighted by atomic mass is 19.1. The topological polar surface area (TPSA) is 82.5 Å². The summed E-state index contributed by atoms with van der Waals surface area (Å²) >= 11 is 0. The number of ether oxygens (including phenoxy) is 2. The van der Waals surface area contributed by atoms with Gasteiger partial charge in [0.1, 0.15) is 30.8 Å². The zero-order chi connectivity index (χ0) is 28.1. The van der Waals surface area contributed by atoms with Crippen LogP contribution in [-0.4, -0.2) is 71.8 Å². The first-order valence-corrected chi connectivity index (χ1v) is 13.3. The zero-order valence-corrected chi connectivity index (χ0v) is 21.9. The molecule has 1 heterocycles. The predicted octanol–water partition coefficient (Wildman–Crippen LogP) is 4.78. The Kier molecular flexibility index (Phi) is 8.33. The van der Waals surface area contributed by atoms with Gasteiger partial charge >= 0.3 is 6.09 Å². The van der Waals surface area contributed by atoms with Gasteiger partial charge in [0.25, 0.3) is 0 Å². The highest BCUT2D eigenvalue weighted by Crippen LogP contribution is 2.32. The molecule has 2 fully saturated rings. The molecule has 2 aliphatic rings. The summed E-state index contributed by atoms with van der Waals surface area (Å²) in [6.07, 6.45) is 0.841. The molecule has 2 amide bonds. The third-order valence-corrected chi connectivity index (χ3v) is 7.07. The van der Waals surface area contributed by atoms with Gasteiger partial charge in [-0.15, -0.1) is 0 Å². The lowest BCUT2D eigenvalue weighted by atomic mass is 10.1. The van der Waals surface area contributed by atoms with Crippen molar-refractivity contribution in [3.63, 3.8) is 0 Å². The van der Waals surface area contributed by atoms with Gasteiger partial charge in [-0.1, -0.05) is 30.3 Å². The second-order valence-electron chi connectivity index (χ2n) is 9.89. The van der Waals surface area contributed by atoms with Gasteiger partial charge in [-0.05, 0) is 54.8 Å². The number of carboxylic acid groups (broad SMARTS) is 1. The van der Waals surface area contributed by atoms with Crippen LogP contribution in [0.15, 0.2) is 72.8 Å². The SMILES string of the molecule is O=C(O)N1CCN(c2ccc(OCCOc3cc(F)ccc3F)cc2)C(C(=O)N(Cc2ccccc2)C2CC2)C1. The van der Waals surface area contributed by atoms with Crippen molar-refractivity contribution in [2.24, 2.45) is 0 Å². The molecule has 1 saturated heterocycles. The summed E-state index contributed by atoms with van der Waals surface area (Å²) in [4.78, 5) is 30.8. The Hall–Kier alpha value is -4.34. The number of benzene rings is 3. The first-order valence-electron chi connectivity index (χ1n) is 13.3. The standard InChI is InChI=1S/C30H31F2N3O5/c31-22-6-13-26(32)28(18-22)40-17-16-39-25-11-9-23(10-12-25)34-15-14-33(30(37)38)20-27(34)29(36)35(24-7-8-24)19-21-4-2-1-3-5-21/h1-6,9-13,18,24,27H,7-8,14-17,19-20H2,(H,37,38). The van der Waals surface area contributed by atoms with Gasteiger partial charge in [0, 0.05) is 37.4 Å². The molecule has 0 radical (unpaired) electrons. The van der Waals surface area contributed by atoms with E-state index in [1.54, 1.807) is 12.1 Å². The minimum absolute atomic E-state index is 0.0221. The minimum Gasteiger partial charge on any atom is -0.490 e. The molecule has 1 aliphatic heterocycles. The van der Waals surface area contributed by atoms with E-state index in [4.69, 9.17) is 9.47 Å². The second kappa shape index (κ2) is 12.2. The maximum Gasteiger partial charge on any atom is 0.407 e. The zero-order valence-electron chi connectivity index (χ0n) is 21.9. The lowest BCUT2D eigenvalue weighted by molar-refractivity contribution is -0.134. The quantitative estimate of drug-likeness (QED) is 0.365. The molecular formula is C30H31F2N3O5. The maximum absolute atomic E-state index is 13.9. The van der Waals surface area contributed by atoms with Crippen LogP contribution in [0.1, 0.15) is 18.4 Å². The van der Waals surface area contributed by atoms with Crippen molar-refractivity contribution in [1.29, 1.82) is 0 Å². The van der Waals surface area contributed by atoms with Crippen LogP contribution in [0.2, 0.25) is 0 Å². The van der Waals surface area contributed by atoms with E-state index in [-0.39, 0.29) is 44.0 Å². The Morgan fingerprint density at radius 3 is 2.35 bits per heavy atom. The number of hydrogen-bond acceptors (Lipinski definition) is 5. The number of nitrogens with zero attached hydrogens (tertiary/aromatic N) is 3. The summed E-state index contributed by atoms with van der Waals surface area (Å²) in [6.45, 7) is 1.36. The van der Waals surface area contributed by atoms with E-state index in [2.05, 4.69) is 0 Å². The fraction of sp³-hybridized carbons (Fsp3) is 0.333.